The van der Waals surface area contributed by atoms with Crippen LogP contribution in [0.4, 0.5) is 0 Å². The van der Waals surface area contributed by atoms with Crippen LogP contribution in [0.3, 0.4) is 0 Å². The van der Waals surface area contributed by atoms with E-state index in [0.29, 0.717) is 5.92 Å². The first-order chi connectivity index (χ1) is 6.07. The molecule has 0 heterocycles. The summed E-state index contributed by atoms with van der Waals surface area (Å²) in [7, 11) is 0. The number of hydrogen-bond acceptors (Lipinski definition) is 1. The van der Waals surface area contributed by atoms with E-state index in [1.807, 2.05) is 19.9 Å². The minimum atomic E-state index is 0.107. The highest BCUT2D eigenvalue weighted by Crippen LogP contribution is 2.31. The summed E-state index contributed by atoms with van der Waals surface area (Å²) in [6.07, 6.45) is 2.99. The van der Waals surface area contributed by atoms with Crippen LogP contribution in [-0.4, -0.2) is 11.1 Å². The number of alkyl halides is 1. The van der Waals surface area contributed by atoms with Gasteiger partial charge in [0.25, 0.3) is 0 Å². The van der Waals surface area contributed by atoms with Gasteiger partial charge in [0.1, 0.15) is 0 Å². The molecule has 0 bridgehead atoms. The van der Waals surface area contributed by atoms with E-state index in [4.69, 9.17) is 0 Å². The number of ketones is 1. The van der Waals surface area contributed by atoms with Gasteiger partial charge in [0.15, 0.2) is 5.78 Å². The molecule has 0 spiro atoms. The Kier molecular flexibility index (Phi) is 3.48. The number of rotatable bonds is 2. The molecular formula is C11H15BrO. The van der Waals surface area contributed by atoms with Crippen LogP contribution in [-0.2, 0) is 4.79 Å². The lowest BCUT2D eigenvalue weighted by atomic mass is 9.77. The van der Waals surface area contributed by atoms with Crippen molar-refractivity contribution in [3.63, 3.8) is 0 Å². The van der Waals surface area contributed by atoms with Crippen molar-refractivity contribution >= 4 is 21.7 Å². The first-order valence-electron chi connectivity index (χ1n) is 4.52. The fraction of sp³-hybridized carbons (Fsp3) is 0.545. The molecule has 0 N–H and O–H groups in total. The van der Waals surface area contributed by atoms with Crippen molar-refractivity contribution in [2.24, 2.45) is 11.8 Å². The zero-order chi connectivity index (χ0) is 10.0. The van der Waals surface area contributed by atoms with Crippen molar-refractivity contribution in [1.29, 1.82) is 0 Å². The number of carbonyl (C=O) groups is 1. The van der Waals surface area contributed by atoms with Gasteiger partial charge in [-0.2, -0.15) is 0 Å². The molecule has 0 aliphatic heterocycles. The molecule has 2 heteroatoms. The number of hydrogen-bond donors (Lipinski definition) is 0. The fourth-order valence-electron chi connectivity index (χ4n) is 1.77. The van der Waals surface area contributed by atoms with E-state index in [1.165, 1.54) is 0 Å². The van der Waals surface area contributed by atoms with Gasteiger partial charge >= 0.3 is 0 Å². The van der Waals surface area contributed by atoms with Crippen molar-refractivity contribution in [3.05, 3.63) is 23.8 Å². The highest BCUT2D eigenvalue weighted by atomic mass is 79.9. The normalized spacial score (nSPS) is 28.5. The quantitative estimate of drug-likeness (QED) is 0.538. The van der Waals surface area contributed by atoms with E-state index in [2.05, 4.69) is 22.5 Å². The largest absolute Gasteiger partial charge is 0.294 e. The molecule has 0 fully saturated rings. The van der Waals surface area contributed by atoms with E-state index in [0.717, 1.165) is 22.9 Å². The van der Waals surface area contributed by atoms with E-state index in [9.17, 15) is 4.79 Å². The molecule has 0 aromatic carbocycles. The SMILES string of the molecule is C=C(CBr)[C@@H]1CC=C(C)C(=O)[C@H]1C. The Balaban J connectivity index is 2.82. The summed E-state index contributed by atoms with van der Waals surface area (Å²) < 4.78 is 0. The molecule has 0 amide bonds. The van der Waals surface area contributed by atoms with Gasteiger partial charge in [0.2, 0.25) is 0 Å². The summed E-state index contributed by atoms with van der Waals surface area (Å²) in [4.78, 5) is 11.6. The van der Waals surface area contributed by atoms with Crippen LogP contribution in [0.15, 0.2) is 23.8 Å². The maximum Gasteiger partial charge on any atom is 0.161 e. The van der Waals surface area contributed by atoms with Crippen molar-refractivity contribution in [3.8, 4) is 0 Å². The van der Waals surface area contributed by atoms with Gasteiger partial charge in [-0.25, -0.2) is 0 Å². The second kappa shape index (κ2) is 4.23. The molecule has 0 unspecified atom stereocenters. The average molecular weight is 243 g/mol. The summed E-state index contributed by atoms with van der Waals surface area (Å²) in [6.45, 7) is 7.87. The molecule has 0 saturated carbocycles. The van der Waals surface area contributed by atoms with Gasteiger partial charge in [-0.1, -0.05) is 41.1 Å². The highest BCUT2D eigenvalue weighted by Gasteiger charge is 2.29. The Labute approximate surface area is 88.0 Å². The van der Waals surface area contributed by atoms with Crippen LogP contribution in [0.25, 0.3) is 0 Å². The standard InChI is InChI=1S/C11H15BrO/c1-7-4-5-10(8(2)6-12)9(3)11(7)13/h4,9-10H,2,5-6H2,1,3H3/t9-,10-/m0/s1. The second-order valence-electron chi connectivity index (χ2n) is 3.67. The van der Waals surface area contributed by atoms with Gasteiger partial charge < -0.3 is 0 Å². The van der Waals surface area contributed by atoms with Crippen molar-refractivity contribution < 1.29 is 4.79 Å². The molecule has 1 aliphatic rings. The van der Waals surface area contributed by atoms with Gasteiger partial charge in [0, 0.05) is 11.2 Å². The minimum Gasteiger partial charge on any atom is -0.294 e. The molecule has 0 aromatic rings. The smallest absolute Gasteiger partial charge is 0.161 e. The van der Waals surface area contributed by atoms with Gasteiger partial charge in [-0.3, -0.25) is 4.79 Å². The van der Waals surface area contributed by atoms with Crippen LogP contribution in [0.5, 0.6) is 0 Å². The number of allylic oxidation sites excluding steroid dienone is 3. The third-order valence-corrected chi connectivity index (χ3v) is 3.50. The predicted molar refractivity (Wildman–Crippen MR) is 59.0 cm³/mol. The molecule has 2 atom stereocenters. The minimum absolute atomic E-state index is 0.107. The molecule has 13 heavy (non-hydrogen) atoms. The van der Waals surface area contributed by atoms with Crippen LogP contribution in [0.1, 0.15) is 20.3 Å². The molecular weight excluding hydrogens is 228 g/mol. The van der Waals surface area contributed by atoms with Gasteiger partial charge in [-0.15, -0.1) is 0 Å². The van der Waals surface area contributed by atoms with Crippen LogP contribution in [0, 0.1) is 11.8 Å². The molecule has 1 nitrogen and oxygen atoms in total. The average Bonchev–Trinajstić information content (AvgIpc) is 2.13. The molecule has 0 saturated heterocycles. The van der Waals surface area contributed by atoms with Crippen LogP contribution >= 0.6 is 15.9 Å². The Bertz CT molecular complexity index is 265. The van der Waals surface area contributed by atoms with E-state index >= 15 is 0 Å². The Morgan fingerprint density at radius 3 is 2.92 bits per heavy atom. The van der Waals surface area contributed by atoms with E-state index in [-0.39, 0.29) is 11.7 Å². The van der Waals surface area contributed by atoms with E-state index < -0.39 is 0 Å². The lowest BCUT2D eigenvalue weighted by molar-refractivity contribution is -0.120. The lowest BCUT2D eigenvalue weighted by Crippen LogP contribution is -2.27. The fourth-order valence-corrected chi connectivity index (χ4v) is 2.19. The number of halogens is 1. The van der Waals surface area contributed by atoms with Crippen LogP contribution < -0.4 is 0 Å². The zero-order valence-electron chi connectivity index (χ0n) is 8.14. The summed E-state index contributed by atoms with van der Waals surface area (Å²) in [5.41, 5.74) is 2.04. The number of Topliss-reactive ketones (excluding diaryl/α,β-unsaturated/α-hetero) is 1. The summed E-state index contributed by atoms with van der Waals surface area (Å²) >= 11 is 3.38. The first-order valence-corrected chi connectivity index (χ1v) is 5.64. The maximum absolute atomic E-state index is 11.6. The van der Waals surface area contributed by atoms with Gasteiger partial charge in [-0.05, 0) is 24.8 Å². The lowest BCUT2D eigenvalue weighted by Gasteiger charge is -2.27. The second-order valence-corrected chi connectivity index (χ2v) is 4.23. The number of carbonyl (C=O) groups excluding carboxylic acids is 1. The Morgan fingerprint density at radius 1 is 1.77 bits per heavy atom. The topological polar surface area (TPSA) is 17.1 Å². The summed E-state index contributed by atoms with van der Waals surface area (Å²) in [5, 5.41) is 0.794. The Morgan fingerprint density at radius 2 is 2.38 bits per heavy atom. The predicted octanol–water partition coefficient (Wildman–Crippen LogP) is 3.11. The maximum atomic E-state index is 11.6. The van der Waals surface area contributed by atoms with Crippen molar-refractivity contribution in [1.82, 2.24) is 0 Å². The summed E-state index contributed by atoms with van der Waals surface area (Å²) in [5.74, 6) is 0.712. The highest BCUT2D eigenvalue weighted by molar-refractivity contribution is 9.09. The molecule has 72 valence electrons. The third-order valence-electron chi connectivity index (χ3n) is 2.78. The summed E-state index contributed by atoms with van der Waals surface area (Å²) in [6, 6.07) is 0. The van der Waals surface area contributed by atoms with Crippen molar-refractivity contribution in [2.45, 2.75) is 20.3 Å². The molecule has 0 radical (unpaired) electrons. The monoisotopic (exact) mass is 242 g/mol. The van der Waals surface area contributed by atoms with Crippen molar-refractivity contribution in [2.75, 3.05) is 5.33 Å². The van der Waals surface area contributed by atoms with Crippen LogP contribution in [0.2, 0.25) is 0 Å². The first kappa shape index (κ1) is 10.7. The van der Waals surface area contributed by atoms with E-state index in [1.54, 1.807) is 0 Å². The molecule has 1 aliphatic carbocycles. The Hall–Kier alpha value is -0.370. The third kappa shape index (κ3) is 2.11. The van der Waals surface area contributed by atoms with Gasteiger partial charge in [0.05, 0.1) is 0 Å². The molecule has 1 rings (SSSR count). The zero-order valence-corrected chi connectivity index (χ0v) is 9.73. The molecule has 0 aromatic heterocycles.